The summed E-state index contributed by atoms with van der Waals surface area (Å²) in [5, 5.41) is 7.92. The summed E-state index contributed by atoms with van der Waals surface area (Å²) in [5.41, 5.74) is 3.15. The largest absolute Gasteiger partial charge is 0.461 e. The summed E-state index contributed by atoms with van der Waals surface area (Å²) >= 11 is 0. The molecule has 0 aliphatic heterocycles. The number of aromatic nitrogens is 3. The van der Waals surface area contributed by atoms with Gasteiger partial charge in [0.1, 0.15) is 0 Å². The van der Waals surface area contributed by atoms with E-state index in [9.17, 15) is 4.79 Å². The standard InChI is InChI=1S/C22H16N4O3/c27-22(16-7-8-17-15(12-16)9-10-23-17)24-18-5-2-1-4-14(18)13-20-25-21(26-29-20)19-6-3-11-28-19/h1-12,23H,13H2,(H,24,27). The van der Waals surface area contributed by atoms with Crippen molar-refractivity contribution in [3.05, 3.63) is 90.1 Å². The topological polar surface area (TPSA) is 97.0 Å². The second kappa shape index (κ2) is 7.12. The van der Waals surface area contributed by atoms with E-state index in [4.69, 9.17) is 8.94 Å². The van der Waals surface area contributed by atoms with Crippen LogP contribution in [0, 0.1) is 0 Å². The molecule has 3 heterocycles. The van der Waals surface area contributed by atoms with E-state index in [0.29, 0.717) is 35.1 Å². The van der Waals surface area contributed by atoms with Gasteiger partial charge in [0.25, 0.3) is 5.91 Å². The fourth-order valence-electron chi connectivity index (χ4n) is 3.18. The first kappa shape index (κ1) is 17.0. The zero-order chi connectivity index (χ0) is 19.6. The molecule has 0 aliphatic carbocycles. The van der Waals surface area contributed by atoms with Crippen molar-refractivity contribution in [3.8, 4) is 11.6 Å². The number of rotatable bonds is 5. The van der Waals surface area contributed by atoms with Gasteiger partial charge in [0.2, 0.25) is 11.7 Å². The molecular formula is C22H16N4O3. The maximum atomic E-state index is 12.8. The molecule has 0 spiro atoms. The van der Waals surface area contributed by atoms with Crippen LogP contribution in [0.1, 0.15) is 21.8 Å². The molecule has 0 radical (unpaired) electrons. The molecular weight excluding hydrogens is 368 g/mol. The second-order valence-electron chi connectivity index (χ2n) is 6.56. The van der Waals surface area contributed by atoms with Gasteiger partial charge >= 0.3 is 0 Å². The minimum atomic E-state index is -0.178. The maximum absolute atomic E-state index is 12.8. The van der Waals surface area contributed by atoms with Gasteiger partial charge < -0.3 is 19.2 Å². The quantitative estimate of drug-likeness (QED) is 0.460. The Morgan fingerprint density at radius 2 is 2.00 bits per heavy atom. The van der Waals surface area contributed by atoms with E-state index < -0.39 is 0 Å². The van der Waals surface area contributed by atoms with E-state index in [2.05, 4.69) is 20.4 Å². The maximum Gasteiger partial charge on any atom is 0.255 e. The lowest BCUT2D eigenvalue weighted by Gasteiger charge is -2.10. The molecule has 0 bridgehead atoms. The number of fused-ring (bicyclic) bond motifs is 1. The third kappa shape index (κ3) is 3.41. The Labute approximate surface area is 165 Å². The van der Waals surface area contributed by atoms with E-state index in [-0.39, 0.29) is 5.91 Å². The van der Waals surface area contributed by atoms with Gasteiger partial charge in [0, 0.05) is 28.4 Å². The number of anilines is 1. The third-order valence-electron chi connectivity index (χ3n) is 4.63. The number of aromatic amines is 1. The fraction of sp³-hybridized carbons (Fsp3) is 0.0455. The second-order valence-corrected chi connectivity index (χ2v) is 6.56. The smallest absolute Gasteiger partial charge is 0.255 e. The van der Waals surface area contributed by atoms with Gasteiger partial charge in [-0.2, -0.15) is 4.98 Å². The van der Waals surface area contributed by atoms with Crippen LogP contribution < -0.4 is 5.32 Å². The molecule has 2 N–H and O–H groups in total. The van der Waals surface area contributed by atoms with Crippen molar-refractivity contribution in [1.82, 2.24) is 15.1 Å². The summed E-state index contributed by atoms with van der Waals surface area (Å²) in [6, 6.07) is 18.6. The number of furan rings is 1. The van der Waals surface area contributed by atoms with Gasteiger partial charge in [-0.15, -0.1) is 0 Å². The number of hydrogen-bond acceptors (Lipinski definition) is 5. The Kier molecular flexibility index (Phi) is 4.18. The number of amides is 1. The van der Waals surface area contributed by atoms with E-state index in [0.717, 1.165) is 16.5 Å². The number of H-pyrrole nitrogens is 1. The summed E-state index contributed by atoms with van der Waals surface area (Å²) < 4.78 is 10.6. The number of nitrogens with zero attached hydrogens (tertiary/aromatic N) is 2. The molecule has 1 amide bonds. The highest BCUT2D eigenvalue weighted by Crippen LogP contribution is 2.22. The highest BCUT2D eigenvalue weighted by atomic mass is 16.5. The van der Waals surface area contributed by atoms with Crippen LogP contribution in [-0.4, -0.2) is 21.0 Å². The lowest BCUT2D eigenvalue weighted by molar-refractivity contribution is 0.102. The highest BCUT2D eigenvalue weighted by molar-refractivity contribution is 6.06. The molecule has 2 aromatic carbocycles. The molecule has 0 saturated carbocycles. The summed E-state index contributed by atoms with van der Waals surface area (Å²) in [4.78, 5) is 20.2. The molecule has 0 fully saturated rings. The van der Waals surface area contributed by atoms with Crippen LogP contribution >= 0.6 is 0 Å². The van der Waals surface area contributed by atoms with Gasteiger partial charge in [0.05, 0.1) is 12.7 Å². The van der Waals surface area contributed by atoms with Crippen LogP contribution in [-0.2, 0) is 6.42 Å². The van der Waals surface area contributed by atoms with Crippen LogP contribution in [0.5, 0.6) is 0 Å². The van der Waals surface area contributed by atoms with Gasteiger partial charge in [-0.25, -0.2) is 0 Å². The zero-order valence-corrected chi connectivity index (χ0v) is 15.3. The van der Waals surface area contributed by atoms with Crippen LogP contribution in [0.3, 0.4) is 0 Å². The fourth-order valence-corrected chi connectivity index (χ4v) is 3.18. The van der Waals surface area contributed by atoms with E-state index in [1.165, 1.54) is 0 Å². The van der Waals surface area contributed by atoms with Gasteiger partial charge in [-0.1, -0.05) is 23.4 Å². The van der Waals surface area contributed by atoms with Crippen LogP contribution in [0.15, 0.2) is 82.1 Å². The molecule has 0 unspecified atom stereocenters. The number of para-hydroxylation sites is 1. The minimum absolute atomic E-state index is 0.178. The Hall–Kier alpha value is -4.13. The van der Waals surface area contributed by atoms with Crippen molar-refractivity contribution in [3.63, 3.8) is 0 Å². The van der Waals surface area contributed by atoms with Gasteiger partial charge in [-0.3, -0.25) is 4.79 Å². The SMILES string of the molecule is O=C(Nc1ccccc1Cc1nc(-c2ccco2)no1)c1ccc2[nH]ccc2c1. The molecule has 3 aromatic heterocycles. The van der Waals surface area contributed by atoms with Crippen molar-refractivity contribution in [2.75, 3.05) is 5.32 Å². The Morgan fingerprint density at radius 3 is 2.90 bits per heavy atom. The minimum Gasteiger partial charge on any atom is -0.461 e. The molecule has 29 heavy (non-hydrogen) atoms. The Bertz CT molecular complexity index is 1280. The molecule has 5 aromatic rings. The molecule has 7 nitrogen and oxygen atoms in total. The number of nitrogens with one attached hydrogen (secondary N) is 2. The summed E-state index contributed by atoms with van der Waals surface area (Å²) in [7, 11) is 0. The third-order valence-corrected chi connectivity index (χ3v) is 4.63. The monoisotopic (exact) mass is 384 g/mol. The summed E-state index contributed by atoms with van der Waals surface area (Å²) in [5.74, 6) is 1.20. The first-order valence-electron chi connectivity index (χ1n) is 9.09. The lowest BCUT2D eigenvalue weighted by Crippen LogP contribution is -2.13. The van der Waals surface area contributed by atoms with Crippen molar-refractivity contribution in [2.24, 2.45) is 0 Å². The summed E-state index contributed by atoms with van der Waals surface area (Å²) in [6.45, 7) is 0. The highest BCUT2D eigenvalue weighted by Gasteiger charge is 2.15. The van der Waals surface area contributed by atoms with E-state index in [1.54, 1.807) is 24.5 Å². The van der Waals surface area contributed by atoms with Crippen molar-refractivity contribution < 1.29 is 13.7 Å². The lowest BCUT2D eigenvalue weighted by atomic mass is 10.1. The zero-order valence-electron chi connectivity index (χ0n) is 15.3. The predicted octanol–water partition coefficient (Wildman–Crippen LogP) is 4.65. The Balaban J connectivity index is 1.37. The average molecular weight is 384 g/mol. The molecule has 0 saturated heterocycles. The van der Waals surface area contributed by atoms with E-state index >= 15 is 0 Å². The van der Waals surface area contributed by atoms with Crippen molar-refractivity contribution in [1.29, 1.82) is 0 Å². The number of carbonyl (C=O) groups excluding carboxylic acids is 1. The number of benzene rings is 2. The van der Waals surface area contributed by atoms with Crippen molar-refractivity contribution in [2.45, 2.75) is 6.42 Å². The average Bonchev–Trinajstić information content (AvgIpc) is 3.50. The van der Waals surface area contributed by atoms with Gasteiger partial charge in [0.15, 0.2) is 5.76 Å². The summed E-state index contributed by atoms with van der Waals surface area (Å²) in [6.07, 6.45) is 3.80. The first-order valence-corrected chi connectivity index (χ1v) is 9.09. The van der Waals surface area contributed by atoms with Gasteiger partial charge in [-0.05, 0) is 48.0 Å². The van der Waals surface area contributed by atoms with Crippen molar-refractivity contribution >= 4 is 22.5 Å². The predicted molar refractivity (Wildman–Crippen MR) is 107 cm³/mol. The van der Waals surface area contributed by atoms with Crippen LogP contribution in [0.4, 0.5) is 5.69 Å². The van der Waals surface area contributed by atoms with Crippen LogP contribution in [0.2, 0.25) is 0 Å². The molecule has 0 aliphatic rings. The Morgan fingerprint density at radius 1 is 1.07 bits per heavy atom. The molecule has 142 valence electrons. The molecule has 0 atom stereocenters. The molecule has 7 heteroatoms. The first-order chi connectivity index (χ1) is 14.3. The van der Waals surface area contributed by atoms with E-state index in [1.807, 2.05) is 48.7 Å². The molecule has 5 rings (SSSR count). The number of hydrogen-bond donors (Lipinski definition) is 2. The van der Waals surface area contributed by atoms with Crippen LogP contribution in [0.25, 0.3) is 22.5 Å². The normalized spacial score (nSPS) is 11.0. The number of carbonyl (C=O) groups is 1.